The van der Waals surface area contributed by atoms with Crippen LogP contribution in [-0.2, 0) is 11.2 Å². The second-order valence-electron chi connectivity index (χ2n) is 6.05. The van der Waals surface area contributed by atoms with Gasteiger partial charge >= 0.3 is 0 Å². The second-order valence-corrected chi connectivity index (χ2v) is 6.05. The molecule has 0 aliphatic rings. The summed E-state index contributed by atoms with van der Waals surface area (Å²) in [5.41, 5.74) is 6.73. The molecule has 0 radical (unpaired) electrons. The van der Waals surface area contributed by atoms with Crippen LogP contribution in [0.5, 0.6) is 0 Å². The monoisotopic (exact) mass is 294 g/mol. The number of nitrogens with two attached hydrogens (primary N) is 1. The zero-order chi connectivity index (χ0) is 15.8. The van der Waals surface area contributed by atoms with E-state index in [2.05, 4.69) is 5.32 Å². The predicted octanol–water partition coefficient (Wildman–Crippen LogP) is 3.03. The van der Waals surface area contributed by atoms with E-state index in [4.69, 9.17) is 5.73 Å². The highest BCUT2D eigenvalue weighted by molar-refractivity contribution is 5.78. The molecule has 1 aromatic carbocycles. The molecule has 4 heteroatoms. The standard InChI is InChI=1S/C17H27FN2O/c1-12(5-4-6-13(2)19)17(21)20-14(3)11-15-7-9-16(18)10-8-15/h7-10,12-14H,4-6,11,19H2,1-3H3,(H,20,21). The molecule has 0 heterocycles. The van der Waals surface area contributed by atoms with E-state index in [1.54, 1.807) is 12.1 Å². The van der Waals surface area contributed by atoms with Gasteiger partial charge in [0.15, 0.2) is 0 Å². The van der Waals surface area contributed by atoms with Crippen molar-refractivity contribution < 1.29 is 9.18 Å². The Hall–Kier alpha value is -1.42. The molecule has 0 aromatic heterocycles. The summed E-state index contributed by atoms with van der Waals surface area (Å²) in [4.78, 5) is 12.1. The molecule has 3 N–H and O–H groups in total. The highest BCUT2D eigenvalue weighted by Crippen LogP contribution is 2.11. The predicted molar refractivity (Wildman–Crippen MR) is 84.4 cm³/mol. The summed E-state index contributed by atoms with van der Waals surface area (Å²) in [5.74, 6) is -0.160. The van der Waals surface area contributed by atoms with Gasteiger partial charge in [-0.15, -0.1) is 0 Å². The molecular formula is C17H27FN2O. The minimum absolute atomic E-state index is 0.000539. The fourth-order valence-electron chi connectivity index (χ4n) is 2.29. The summed E-state index contributed by atoms with van der Waals surface area (Å²) in [6, 6.07) is 6.63. The van der Waals surface area contributed by atoms with Crippen LogP contribution < -0.4 is 11.1 Å². The second kappa shape index (κ2) is 8.78. The third-order valence-electron chi connectivity index (χ3n) is 3.59. The lowest BCUT2D eigenvalue weighted by Gasteiger charge is -2.18. The number of carbonyl (C=O) groups is 1. The summed E-state index contributed by atoms with van der Waals surface area (Å²) in [5, 5.41) is 3.02. The summed E-state index contributed by atoms with van der Waals surface area (Å²) in [6.07, 6.45) is 3.48. The van der Waals surface area contributed by atoms with Crippen molar-refractivity contribution >= 4 is 5.91 Å². The number of hydrogen-bond donors (Lipinski definition) is 2. The van der Waals surface area contributed by atoms with Gasteiger partial charge < -0.3 is 11.1 Å². The van der Waals surface area contributed by atoms with Crippen LogP contribution in [0.3, 0.4) is 0 Å². The van der Waals surface area contributed by atoms with Gasteiger partial charge in [-0.3, -0.25) is 4.79 Å². The van der Waals surface area contributed by atoms with E-state index in [-0.39, 0.29) is 29.7 Å². The molecule has 0 spiro atoms. The first-order valence-electron chi connectivity index (χ1n) is 7.69. The maximum Gasteiger partial charge on any atom is 0.223 e. The van der Waals surface area contributed by atoms with Gasteiger partial charge in [-0.25, -0.2) is 4.39 Å². The van der Waals surface area contributed by atoms with Gasteiger partial charge in [0.25, 0.3) is 0 Å². The van der Waals surface area contributed by atoms with Crippen LogP contribution in [-0.4, -0.2) is 18.0 Å². The molecule has 1 amide bonds. The van der Waals surface area contributed by atoms with E-state index in [0.717, 1.165) is 24.8 Å². The van der Waals surface area contributed by atoms with E-state index in [1.807, 2.05) is 20.8 Å². The number of rotatable bonds is 8. The number of hydrogen-bond acceptors (Lipinski definition) is 2. The summed E-state index contributed by atoms with van der Waals surface area (Å²) in [6.45, 7) is 5.90. The van der Waals surface area contributed by atoms with Crippen LogP contribution in [0.1, 0.15) is 45.6 Å². The lowest BCUT2D eigenvalue weighted by Crippen LogP contribution is -2.37. The van der Waals surface area contributed by atoms with Crippen LogP contribution in [0.2, 0.25) is 0 Å². The fraction of sp³-hybridized carbons (Fsp3) is 0.588. The van der Waals surface area contributed by atoms with Gasteiger partial charge in [-0.1, -0.05) is 25.5 Å². The normalized spacial score (nSPS) is 15.3. The first-order chi connectivity index (χ1) is 9.88. The first-order valence-corrected chi connectivity index (χ1v) is 7.69. The van der Waals surface area contributed by atoms with Crippen molar-refractivity contribution in [3.8, 4) is 0 Å². The van der Waals surface area contributed by atoms with Crippen LogP contribution in [0, 0.1) is 11.7 Å². The maximum absolute atomic E-state index is 12.8. The lowest BCUT2D eigenvalue weighted by molar-refractivity contribution is -0.125. The Morgan fingerprint density at radius 1 is 1.19 bits per heavy atom. The summed E-state index contributed by atoms with van der Waals surface area (Å²) in [7, 11) is 0. The highest BCUT2D eigenvalue weighted by atomic mass is 19.1. The molecule has 0 saturated carbocycles. The third kappa shape index (κ3) is 7.23. The molecule has 1 aromatic rings. The Balaban J connectivity index is 2.34. The summed E-state index contributed by atoms with van der Waals surface area (Å²) < 4.78 is 12.8. The molecule has 0 fully saturated rings. The van der Waals surface area contributed by atoms with Gasteiger partial charge in [0.2, 0.25) is 5.91 Å². The van der Waals surface area contributed by atoms with Crippen molar-refractivity contribution in [1.29, 1.82) is 0 Å². The molecule has 0 saturated heterocycles. The smallest absolute Gasteiger partial charge is 0.223 e. The van der Waals surface area contributed by atoms with Crippen molar-refractivity contribution in [3.63, 3.8) is 0 Å². The van der Waals surface area contributed by atoms with Gasteiger partial charge in [-0.05, 0) is 50.8 Å². The van der Waals surface area contributed by atoms with Gasteiger partial charge in [0.05, 0.1) is 0 Å². The van der Waals surface area contributed by atoms with E-state index in [9.17, 15) is 9.18 Å². The largest absolute Gasteiger partial charge is 0.353 e. The van der Waals surface area contributed by atoms with Gasteiger partial charge in [0, 0.05) is 18.0 Å². The Morgan fingerprint density at radius 2 is 1.81 bits per heavy atom. The minimum Gasteiger partial charge on any atom is -0.353 e. The highest BCUT2D eigenvalue weighted by Gasteiger charge is 2.15. The Morgan fingerprint density at radius 3 is 2.38 bits per heavy atom. The van der Waals surface area contributed by atoms with Crippen molar-refractivity contribution in [1.82, 2.24) is 5.32 Å². The average molecular weight is 294 g/mol. The molecule has 3 unspecified atom stereocenters. The van der Waals surface area contributed by atoms with E-state index in [0.29, 0.717) is 6.42 Å². The quantitative estimate of drug-likeness (QED) is 0.774. The number of halogens is 1. The molecule has 3 nitrogen and oxygen atoms in total. The average Bonchev–Trinajstić information content (AvgIpc) is 2.40. The SMILES string of the molecule is CC(N)CCCC(C)C(=O)NC(C)Cc1ccc(F)cc1. The zero-order valence-corrected chi connectivity index (χ0v) is 13.2. The molecule has 0 aliphatic heterocycles. The van der Waals surface area contributed by atoms with Crippen LogP contribution in [0.4, 0.5) is 4.39 Å². The minimum atomic E-state index is -0.238. The number of benzene rings is 1. The fourth-order valence-corrected chi connectivity index (χ4v) is 2.29. The zero-order valence-electron chi connectivity index (χ0n) is 13.2. The molecule has 118 valence electrons. The maximum atomic E-state index is 12.8. The number of amides is 1. The van der Waals surface area contributed by atoms with Gasteiger partial charge in [0.1, 0.15) is 5.82 Å². The first kappa shape index (κ1) is 17.6. The molecule has 21 heavy (non-hydrogen) atoms. The van der Waals surface area contributed by atoms with Crippen molar-refractivity contribution in [2.45, 2.75) is 58.5 Å². The van der Waals surface area contributed by atoms with Crippen molar-refractivity contribution in [2.75, 3.05) is 0 Å². The van der Waals surface area contributed by atoms with E-state index in [1.165, 1.54) is 12.1 Å². The summed E-state index contributed by atoms with van der Waals surface area (Å²) >= 11 is 0. The molecule has 3 atom stereocenters. The Labute approximate surface area is 127 Å². The van der Waals surface area contributed by atoms with Gasteiger partial charge in [-0.2, -0.15) is 0 Å². The third-order valence-corrected chi connectivity index (χ3v) is 3.59. The Kier molecular flexibility index (Phi) is 7.37. The van der Waals surface area contributed by atoms with Crippen LogP contribution in [0.25, 0.3) is 0 Å². The molecule has 0 aliphatic carbocycles. The molecular weight excluding hydrogens is 267 g/mol. The topological polar surface area (TPSA) is 55.1 Å². The van der Waals surface area contributed by atoms with Crippen molar-refractivity contribution in [2.24, 2.45) is 11.7 Å². The molecule has 0 bridgehead atoms. The number of nitrogens with one attached hydrogen (secondary N) is 1. The van der Waals surface area contributed by atoms with E-state index < -0.39 is 0 Å². The Bertz CT molecular complexity index is 431. The van der Waals surface area contributed by atoms with E-state index >= 15 is 0 Å². The molecule has 1 rings (SSSR count). The number of carbonyl (C=O) groups excluding carboxylic acids is 1. The lowest BCUT2D eigenvalue weighted by atomic mass is 10.0. The van der Waals surface area contributed by atoms with Crippen LogP contribution in [0.15, 0.2) is 24.3 Å². The van der Waals surface area contributed by atoms with Crippen molar-refractivity contribution in [3.05, 3.63) is 35.6 Å². The van der Waals surface area contributed by atoms with Crippen LogP contribution >= 0.6 is 0 Å².